The Hall–Kier alpha value is -0.830. The predicted molar refractivity (Wildman–Crippen MR) is 70.5 cm³/mol. The number of hydrogen-bond acceptors (Lipinski definition) is 1. The first-order valence-electron chi connectivity index (χ1n) is 5.54. The summed E-state index contributed by atoms with van der Waals surface area (Å²) in [4.78, 5) is 11.8. The second-order valence-corrected chi connectivity index (χ2v) is 5.35. The number of halogens is 1. The van der Waals surface area contributed by atoms with Crippen LogP contribution in [-0.4, -0.2) is 12.5 Å². The lowest BCUT2D eigenvalue weighted by atomic mass is 9.98. The summed E-state index contributed by atoms with van der Waals surface area (Å²) in [5.41, 5.74) is 0.708. The van der Waals surface area contributed by atoms with Crippen LogP contribution in [0.4, 0.5) is 0 Å². The molecule has 0 saturated carbocycles. The standard InChI is InChI=1S/C13H18BrNO/c1-9(2)10(3)8-15-13(16)11-4-6-12(14)7-5-11/h4-7,9-10H,8H2,1-3H3,(H,15,16). The Morgan fingerprint density at radius 1 is 1.25 bits per heavy atom. The van der Waals surface area contributed by atoms with E-state index in [-0.39, 0.29) is 5.91 Å². The average molecular weight is 284 g/mol. The van der Waals surface area contributed by atoms with Crippen LogP contribution in [0.15, 0.2) is 28.7 Å². The minimum atomic E-state index is 0.000000000000000444. The van der Waals surface area contributed by atoms with Crippen LogP contribution in [0, 0.1) is 11.8 Å². The highest BCUT2D eigenvalue weighted by molar-refractivity contribution is 9.10. The first-order chi connectivity index (χ1) is 7.50. The van der Waals surface area contributed by atoms with Crippen molar-refractivity contribution in [1.82, 2.24) is 5.32 Å². The Kier molecular flexibility index (Phi) is 5.00. The molecule has 1 aromatic carbocycles. The van der Waals surface area contributed by atoms with Gasteiger partial charge in [-0.05, 0) is 36.1 Å². The number of nitrogens with one attached hydrogen (secondary N) is 1. The van der Waals surface area contributed by atoms with Gasteiger partial charge in [-0.2, -0.15) is 0 Å². The Labute approximate surface area is 106 Å². The first kappa shape index (κ1) is 13.2. The maximum absolute atomic E-state index is 11.8. The molecule has 1 amide bonds. The van der Waals surface area contributed by atoms with Crippen molar-refractivity contribution in [3.8, 4) is 0 Å². The van der Waals surface area contributed by atoms with Crippen molar-refractivity contribution in [2.24, 2.45) is 11.8 Å². The van der Waals surface area contributed by atoms with Crippen LogP contribution in [0.3, 0.4) is 0 Å². The summed E-state index contributed by atoms with van der Waals surface area (Å²) < 4.78 is 0.986. The van der Waals surface area contributed by atoms with Gasteiger partial charge in [0.05, 0.1) is 0 Å². The summed E-state index contributed by atoms with van der Waals surface area (Å²) >= 11 is 3.34. The molecule has 0 aromatic heterocycles. The van der Waals surface area contributed by atoms with E-state index in [4.69, 9.17) is 0 Å². The van der Waals surface area contributed by atoms with E-state index in [0.29, 0.717) is 17.4 Å². The summed E-state index contributed by atoms with van der Waals surface area (Å²) in [5.74, 6) is 1.09. The molecule has 16 heavy (non-hydrogen) atoms. The lowest BCUT2D eigenvalue weighted by molar-refractivity contribution is 0.0945. The molecule has 88 valence electrons. The maximum Gasteiger partial charge on any atom is 0.251 e. The second kappa shape index (κ2) is 6.04. The van der Waals surface area contributed by atoms with Gasteiger partial charge in [-0.25, -0.2) is 0 Å². The van der Waals surface area contributed by atoms with Gasteiger partial charge in [0.15, 0.2) is 0 Å². The third-order valence-corrected chi connectivity index (χ3v) is 3.36. The van der Waals surface area contributed by atoms with Crippen LogP contribution in [0.5, 0.6) is 0 Å². The number of amides is 1. The van der Waals surface area contributed by atoms with Crippen LogP contribution >= 0.6 is 15.9 Å². The van der Waals surface area contributed by atoms with Crippen LogP contribution in [0.25, 0.3) is 0 Å². The molecule has 3 heteroatoms. The lowest BCUT2D eigenvalue weighted by Crippen LogP contribution is -2.30. The monoisotopic (exact) mass is 283 g/mol. The van der Waals surface area contributed by atoms with Crippen LogP contribution in [0.1, 0.15) is 31.1 Å². The topological polar surface area (TPSA) is 29.1 Å². The van der Waals surface area contributed by atoms with E-state index >= 15 is 0 Å². The van der Waals surface area contributed by atoms with Gasteiger partial charge < -0.3 is 5.32 Å². The lowest BCUT2D eigenvalue weighted by Gasteiger charge is -2.16. The minimum Gasteiger partial charge on any atom is -0.352 e. The molecular formula is C13H18BrNO. The molecule has 0 fully saturated rings. The summed E-state index contributed by atoms with van der Waals surface area (Å²) in [6.45, 7) is 7.20. The molecule has 1 unspecified atom stereocenters. The second-order valence-electron chi connectivity index (χ2n) is 4.44. The van der Waals surface area contributed by atoms with Crippen molar-refractivity contribution in [2.75, 3.05) is 6.54 Å². The van der Waals surface area contributed by atoms with E-state index in [0.717, 1.165) is 11.0 Å². The molecule has 1 atom stereocenters. The molecule has 0 aliphatic heterocycles. The number of carbonyl (C=O) groups excluding carboxylic acids is 1. The Bertz CT molecular complexity index is 345. The molecule has 0 heterocycles. The Balaban J connectivity index is 2.50. The molecule has 0 radical (unpaired) electrons. The van der Waals surface area contributed by atoms with Crippen LogP contribution in [0.2, 0.25) is 0 Å². The van der Waals surface area contributed by atoms with Crippen molar-refractivity contribution in [3.63, 3.8) is 0 Å². The third-order valence-electron chi connectivity index (χ3n) is 2.83. The van der Waals surface area contributed by atoms with Gasteiger partial charge in [-0.1, -0.05) is 36.7 Å². The molecule has 1 aromatic rings. The number of benzene rings is 1. The molecule has 1 rings (SSSR count). The van der Waals surface area contributed by atoms with Crippen molar-refractivity contribution >= 4 is 21.8 Å². The van der Waals surface area contributed by atoms with Crippen molar-refractivity contribution in [2.45, 2.75) is 20.8 Å². The highest BCUT2D eigenvalue weighted by Gasteiger charge is 2.10. The zero-order chi connectivity index (χ0) is 12.1. The normalized spacial score (nSPS) is 12.6. The SMILES string of the molecule is CC(C)C(C)CNC(=O)c1ccc(Br)cc1. The molecule has 0 saturated heterocycles. The Morgan fingerprint density at radius 3 is 2.31 bits per heavy atom. The van der Waals surface area contributed by atoms with Crippen molar-refractivity contribution < 1.29 is 4.79 Å². The average Bonchev–Trinajstić information content (AvgIpc) is 2.26. The predicted octanol–water partition coefficient (Wildman–Crippen LogP) is 3.47. The van der Waals surface area contributed by atoms with Gasteiger partial charge >= 0.3 is 0 Å². The highest BCUT2D eigenvalue weighted by atomic mass is 79.9. The van der Waals surface area contributed by atoms with E-state index in [1.54, 1.807) is 0 Å². The van der Waals surface area contributed by atoms with Crippen molar-refractivity contribution in [3.05, 3.63) is 34.3 Å². The molecule has 2 nitrogen and oxygen atoms in total. The van der Waals surface area contributed by atoms with Gasteiger partial charge in [0.25, 0.3) is 5.91 Å². The van der Waals surface area contributed by atoms with E-state index in [1.807, 2.05) is 24.3 Å². The fourth-order valence-electron chi connectivity index (χ4n) is 1.19. The highest BCUT2D eigenvalue weighted by Crippen LogP contribution is 2.11. The number of rotatable bonds is 4. The fraction of sp³-hybridized carbons (Fsp3) is 0.462. The summed E-state index contributed by atoms with van der Waals surface area (Å²) in [7, 11) is 0. The maximum atomic E-state index is 11.8. The van der Waals surface area contributed by atoms with Crippen LogP contribution < -0.4 is 5.32 Å². The number of hydrogen-bond donors (Lipinski definition) is 1. The molecular weight excluding hydrogens is 266 g/mol. The number of carbonyl (C=O) groups is 1. The van der Waals surface area contributed by atoms with Crippen molar-refractivity contribution in [1.29, 1.82) is 0 Å². The molecule has 0 bridgehead atoms. The van der Waals surface area contributed by atoms with Gasteiger partial charge in [0.1, 0.15) is 0 Å². The van der Waals surface area contributed by atoms with E-state index in [2.05, 4.69) is 42.0 Å². The summed E-state index contributed by atoms with van der Waals surface area (Å²) in [6.07, 6.45) is 0. The van der Waals surface area contributed by atoms with Gasteiger partial charge in [0.2, 0.25) is 0 Å². The molecule has 0 spiro atoms. The summed E-state index contributed by atoms with van der Waals surface area (Å²) in [6, 6.07) is 7.39. The van der Waals surface area contributed by atoms with Gasteiger partial charge in [0, 0.05) is 16.6 Å². The quantitative estimate of drug-likeness (QED) is 0.901. The first-order valence-corrected chi connectivity index (χ1v) is 6.33. The fourth-order valence-corrected chi connectivity index (χ4v) is 1.46. The largest absolute Gasteiger partial charge is 0.352 e. The van der Waals surface area contributed by atoms with E-state index in [9.17, 15) is 4.79 Å². The van der Waals surface area contributed by atoms with E-state index < -0.39 is 0 Å². The third kappa shape index (κ3) is 3.97. The van der Waals surface area contributed by atoms with Gasteiger partial charge in [-0.3, -0.25) is 4.79 Å². The minimum absolute atomic E-state index is 0.000000000000000444. The smallest absolute Gasteiger partial charge is 0.251 e. The van der Waals surface area contributed by atoms with Crippen LogP contribution in [-0.2, 0) is 0 Å². The molecule has 0 aliphatic carbocycles. The molecule has 0 aliphatic rings. The molecule has 1 N–H and O–H groups in total. The zero-order valence-electron chi connectivity index (χ0n) is 9.96. The zero-order valence-corrected chi connectivity index (χ0v) is 11.5. The Morgan fingerprint density at radius 2 is 1.81 bits per heavy atom. The van der Waals surface area contributed by atoms with E-state index in [1.165, 1.54) is 0 Å². The van der Waals surface area contributed by atoms with Gasteiger partial charge in [-0.15, -0.1) is 0 Å². The summed E-state index contributed by atoms with van der Waals surface area (Å²) in [5, 5.41) is 2.95.